The lowest BCUT2D eigenvalue weighted by atomic mass is 9.99. The van der Waals surface area contributed by atoms with Crippen LogP contribution in [0.15, 0.2) is 58.7 Å². The van der Waals surface area contributed by atoms with Crippen molar-refractivity contribution in [2.45, 2.75) is 27.2 Å². The van der Waals surface area contributed by atoms with Gasteiger partial charge in [-0.2, -0.15) is 0 Å². The number of hydrogen-bond donors (Lipinski definition) is 1. The minimum absolute atomic E-state index is 0.108. The molecule has 0 radical (unpaired) electrons. The Morgan fingerprint density at radius 1 is 1.10 bits per heavy atom. The van der Waals surface area contributed by atoms with Crippen molar-refractivity contribution in [3.8, 4) is 33.3 Å². The summed E-state index contributed by atoms with van der Waals surface area (Å²) in [6, 6.07) is 14.4. The highest BCUT2D eigenvalue weighted by Gasteiger charge is 2.28. The van der Waals surface area contributed by atoms with E-state index in [0.717, 1.165) is 24.3 Å². The van der Waals surface area contributed by atoms with Crippen LogP contribution < -0.4 is 15.6 Å². The maximum Gasteiger partial charge on any atom is 0.265 e. The van der Waals surface area contributed by atoms with Gasteiger partial charge in [0.2, 0.25) is 0 Å². The maximum absolute atomic E-state index is 14.4. The molecule has 3 heterocycles. The normalized spacial score (nSPS) is 13.6. The van der Waals surface area contributed by atoms with Gasteiger partial charge in [-0.25, -0.2) is 4.98 Å². The molecule has 0 aliphatic carbocycles. The molecule has 0 atom stereocenters. The smallest absolute Gasteiger partial charge is 0.265 e. The number of amides is 1. The second kappa shape index (κ2) is 12.8. The number of nitrogens with one attached hydrogen (secondary N) is 1. The van der Waals surface area contributed by atoms with Crippen molar-refractivity contribution in [3.63, 3.8) is 0 Å². The molecular weight excluding hydrogens is 579 g/mol. The minimum atomic E-state index is -0.287. The predicted octanol–water partition coefficient (Wildman–Crippen LogP) is 6.58. The van der Waals surface area contributed by atoms with Crippen LogP contribution in [0.4, 0.5) is 0 Å². The highest BCUT2D eigenvalue weighted by atomic mass is 35.5. The first-order valence-corrected chi connectivity index (χ1v) is 15.3. The topological polar surface area (TPSA) is 76.5 Å². The van der Waals surface area contributed by atoms with Crippen LogP contribution in [-0.4, -0.2) is 53.1 Å². The van der Waals surface area contributed by atoms with Crippen molar-refractivity contribution < 1.29 is 9.53 Å². The van der Waals surface area contributed by atoms with Gasteiger partial charge in [0.15, 0.2) is 0 Å². The molecule has 1 fully saturated rings. The standard InChI is InChI=1S/C31H32Cl2N4O3S/c1-4-40-22-9-10-25(33)28(16-22)37-27(15-19(2)3)23(30(38)36-13-11-34-12-14-36)17-24(31(37)39)29-35-26(18-41-29)20-5-7-21(32)8-6-20/h5-10,16-19,34H,4,11-15H2,1-3H3. The Labute approximate surface area is 253 Å². The molecule has 0 unspecified atom stereocenters. The van der Waals surface area contributed by atoms with E-state index in [1.165, 1.54) is 11.3 Å². The van der Waals surface area contributed by atoms with E-state index in [0.29, 0.717) is 69.4 Å². The van der Waals surface area contributed by atoms with Gasteiger partial charge in [0, 0.05) is 53.9 Å². The summed E-state index contributed by atoms with van der Waals surface area (Å²) in [5.74, 6) is 0.656. The number of piperazine rings is 1. The molecule has 4 aromatic rings. The van der Waals surface area contributed by atoms with Crippen LogP contribution in [0.1, 0.15) is 36.8 Å². The Morgan fingerprint density at radius 2 is 1.83 bits per heavy atom. The molecule has 1 N–H and O–H groups in total. The van der Waals surface area contributed by atoms with Crippen LogP contribution in [0, 0.1) is 5.92 Å². The number of thiazole rings is 1. The van der Waals surface area contributed by atoms with Crippen LogP contribution in [0.3, 0.4) is 0 Å². The Bertz CT molecular complexity index is 1610. The monoisotopic (exact) mass is 610 g/mol. The average Bonchev–Trinajstić information content (AvgIpc) is 3.45. The van der Waals surface area contributed by atoms with E-state index in [-0.39, 0.29) is 17.4 Å². The fraction of sp³-hybridized carbons (Fsp3) is 0.323. The zero-order valence-electron chi connectivity index (χ0n) is 23.2. The Morgan fingerprint density at radius 3 is 2.51 bits per heavy atom. The molecule has 5 rings (SSSR count). The van der Waals surface area contributed by atoms with Gasteiger partial charge in [-0.1, -0.05) is 49.2 Å². The molecule has 7 nitrogen and oxygen atoms in total. The van der Waals surface area contributed by atoms with Crippen molar-refractivity contribution in [1.29, 1.82) is 0 Å². The highest BCUT2D eigenvalue weighted by Crippen LogP contribution is 2.33. The summed E-state index contributed by atoms with van der Waals surface area (Å²) in [4.78, 5) is 35.2. The quantitative estimate of drug-likeness (QED) is 0.244. The Balaban J connectivity index is 1.76. The third-order valence-corrected chi connectivity index (χ3v) is 8.33. The van der Waals surface area contributed by atoms with Crippen molar-refractivity contribution in [1.82, 2.24) is 19.8 Å². The minimum Gasteiger partial charge on any atom is -0.494 e. The molecule has 0 saturated carbocycles. The zero-order valence-corrected chi connectivity index (χ0v) is 25.6. The first kappa shape index (κ1) is 29.3. The van der Waals surface area contributed by atoms with Gasteiger partial charge >= 0.3 is 0 Å². The molecule has 1 aliphatic heterocycles. The van der Waals surface area contributed by atoms with Crippen molar-refractivity contribution in [2.24, 2.45) is 5.92 Å². The summed E-state index contributed by atoms with van der Waals surface area (Å²) in [6.07, 6.45) is 0.506. The van der Waals surface area contributed by atoms with Crippen LogP contribution >= 0.6 is 34.5 Å². The third-order valence-electron chi connectivity index (χ3n) is 6.88. The molecule has 0 bridgehead atoms. The van der Waals surface area contributed by atoms with Gasteiger partial charge < -0.3 is 15.0 Å². The van der Waals surface area contributed by atoms with E-state index in [1.54, 1.807) is 41.0 Å². The van der Waals surface area contributed by atoms with Crippen LogP contribution in [0.2, 0.25) is 10.0 Å². The van der Waals surface area contributed by atoms with E-state index in [4.69, 9.17) is 32.9 Å². The SMILES string of the molecule is CCOc1ccc(Cl)c(-n2c(CC(C)C)c(C(=O)N3CCNCC3)cc(-c3nc(-c4ccc(Cl)cc4)cs3)c2=O)c1. The number of aromatic nitrogens is 2. The van der Waals surface area contributed by atoms with Gasteiger partial charge in [-0.05, 0) is 49.6 Å². The number of carbonyl (C=O) groups is 1. The third kappa shape index (κ3) is 6.36. The zero-order chi connectivity index (χ0) is 29.1. The average molecular weight is 612 g/mol. The number of halogens is 2. The van der Waals surface area contributed by atoms with Gasteiger partial charge in [0.25, 0.3) is 11.5 Å². The predicted molar refractivity (Wildman–Crippen MR) is 167 cm³/mol. The molecule has 214 valence electrons. The summed E-state index contributed by atoms with van der Waals surface area (Å²) in [6.45, 7) is 9.12. The molecule has 10 heteroatoms. The second-order valence-corrected chi connectivity index (χ2v) is 12.0. The summed E-state index contributed by atoms with van der Waals surface area (Å²) in [7, 11) is 0. The fourth-order valence-corrected chi connectivity index (χ4v) is 6.11. The van der Waals surface area contributed by atoms with E-state index in [9.17, 15) is 9.59 Å². The Hall–Kier alpha value is -3.17. The van der Waals surface area contributed by atoms with E-state index >= 15 is 0 Å². The van der Waals surface area contributed by atoms with E-state index in [1.807, 2.05) is 29.3 Å². The fourth-order valence-electron chi connectivity index (χ4n) is 4.94. The molecule has 2 aromatic heterocycles. The number of hydrogen-bond acceptors (Lipinski definition) is 6. The lowest BCUT2D eigenvalue weighted by Crippen LogP contribution is -2.47. The molecule has 0 spiro atoms. The number of nitrogens with zero attached hydrogens (tertiary/aromatic N) is 3. The van der Waals surface area contributed by atoms with Crippen LogP contribution in [-0.2, 0) is 6.42 Å². The lowest BCUT2D eigenvalue weighted by molar-refractivity contribution is 0.0733. The van der Waals surface area contributed by atoms with Crippen LogP contribution in [0.5, 0.6) is 5.75 Å². The molecule has 1 saturated heterocycles. The molecular formula is C31H32Cl2N4O3S. The van der Waals surface area contributed by atoms with Crippen LogP contribution in [0.25, 0.3) is 27.5 Å². The van der Waals surface area contributed by atoms with E-state index < -0.39 is 0 Å². The summed E-state index contributed by atoms with van der Waals surface area (Å²) >= 11 is 14.2. The van der Waals surface area contributed by atoms with Gasteiger partial charge in [0.05, 0.1) is 34.1 Å². The second-order valence-electron chi connectivity index (χ2n) is 10.3. The maximum atomic E-state index is 14.4. The summed E-state index contributed by atoms with van der Waals surface area (Å²) in [5, 5.41) is 6.76. The Kier molecular flexibility index (Phi) is 9.14. The number of rotatable bonds is 8. The first-order valence-electron chi connectivity index (χ1n) is 13.7. The highest BCUT2D eigenvalue weighted by molar-refractivity contribution is 7.13. The number of pyridine rings is 1. The van der Waals surface area contributed by atoms with Crippen molar-refractivity contribution in [2.75, 3.05) is 32.8 Å². The van der Waals surface area contributed by atoms with Gasteiger partial charge in [-0.15, -0.1) is 11.3 Å². The summed E-state index contributed by atoms with van der Waals surface area (Å²) in [5.41, 5.74) is 3.26. The molecule has 1 amide bonds. The van der Waals surface area contributed by atoms with Crippen molar-refractivity contribution in [3.05, 3.63) is 85.6 Å². The molecule has 41 heavy (non-hydrogen) atoms. The summed E-state index contributed by atoms with van der Waals surface area (Å²) < 4.78 is 7.35. The van der Waals surface area contributed by atoms with Gasteiger partial charge in [0.1, 0.15) is 10.8 Å². The number of carbonyl (C=O) groups excluding carboxylic acids is 1. The van der Waals surface area contributed by atoms with Crippen molar-refractivity contribution >= 4 is 40.4 Å². The first-order chi connectivity index (χ1) is 19.8. The lowest BCUT2D eigenvalue weighted by Gasteiger charge is -2.29. The molecule has 1 aliphatic rings. The number of benzene rings is 2. The largest absolute Gasteiger partial charge is 0.494 e. The number of ether oxygens (including phenoxy) is 1. The molecule has 2 aromatic carbocycles. The van der Waals surface area contributed by atoms with Gasteiger partial charge in [-0.3, -0.25) is 14.2 Å². The van der Waals surface area contributed by atoms with E-state index in [2.05, 4.69) is 19.2 Å².